The number of nitriles is 1. The summed E-state index contributed by atoms with van der Waals surface area (Å²) in [4.78, 5) is 14.2. The molecule has 2 aliphatic heterocycles. The summed E-state index contributed by atoms with van der Waals surface area (Å²) in [6, 6.07) is 9.51. The number of allylic oxidation sites excluding steroid dienone is 1. The number of nitrogens with one attached hydrogen (secondary N) is 1. The standard InChI is InChI=1S/C20H21N5O3/c1-12-17-18(14(10-21)19(22)28-20(17)24-23-12)13-6-2-3-7-15(13)27-11-16(26)25-8-4-5-9-25/h2-3,6-7,18H,4-5,8-9,11,22H2,1H3,(H,23,24). The van der Waals surface area contributed by atoms with Crippen molar-refractivity contribution in [2.24, 2.45) is 5.73 Å². The van der Waals surface area contributed by atoms with Gasteiger partial charge < -0.3 is 20.1 Å². The van der Waals surface area contributed by atoms with Crippen molar-refractivity contribution in [2.75, 3.05) is 19.7 Å². The van der Waals surface area contributed by atoms with Crippen LogP contribution in [0, 0.1) is 18.3 Å². The SMILES string of the molecule is Cc1[nH]nc2c1C(c1ccccc1OCC(=O)N1CCCC1)C(C#N)=C(N)O2. The Morgan fingerprint density at radius 3 is 2.93 bits per heavy atom. The number of nitrogens with zero attached hydrogens (tertiary/aromatic N) is 3. The number of aryl methyl sites for hydroxylation is 1. The molecule has 1 fully saturated rings. The average Bonchev–Trinajstić information content (AvgIpc) is 3.36. The minimum Gasteiger partial charge on any atom is -0.483 e. The zero-order valence-corrected chi connectivity index (χ0v) is 15.6. The molecule has 0 saturated carbocycles. The molecule has 0 bridgehead atoms. The summed E-state index contributed by atoms with van der Waals surface area (Å²) in [5.41, 5.74) is 8.53. The number of carbonyl (C=O) groups excluding carboxylic acids is 1. The zero-order chi connectivity index (χ0) is 19.7. The molecule has 1 amide bonds. The molecular weight excluding hydrogens is 358 g/mol. The van der Waals surface area contributed by atoms with Crippen LogP contribution in [0.5, 0.6) is 11.6 Å². The Morgan fingerprint density at radius 2 is 2.18 bits per heavy atom. The van der Waals surface area contributed by atoms with Crippen LogP contribution in [0.3, 0.4) is 0 Å². The Kier molecular flexibility index (Phi) is 4.65. The number of H-pyrrole nitrogens is 1. The van der Waals surface area contributed by atoms with Gasteiger partial charge in [-0.1, -0.05) is 18.2 Å². The van der Waals surface area contributed by atoms with E-state index in [2.05, 4.69) is 16.3 Å². The van der Waals surface area contributed by atoms with Crippen molar-refractivity contribution in [3.8, 4) is 17.7 Å². The smallest absolute Gasteiger partial charge is 0.260 e. The van der Waals surface area contributed by atoms with Gasteiger partial charge >= 0.3 is 0 Å². The van der Waals surface area contributed by atoms with Crippen LogP contribution < -0.4 is 15.2 Å². The number of carbonyl (C=O) groups is 1. The monoisotopic (exact) mass is 379 g/mol. The van der Waals surface area contributed by atoms with Crippen LogP contribution in [0.25, 0.3) is 0 Å². The lowest BCUT2D eigenvalue weighted by Crippen LogP contribution is -2.32. The number of fused-ring (bicyclic) bond motifs is 1. The number of hydrogen-bond acceptors (Lipinski definition) is 6. The molecule has 0 aliphatic carbocycles. The molecule has 8 heteroatoms. The van der Waals surface area contributed by atoms with Crippen molar-refractivity contribution < 1.29 is 14.3 Å². The van der Waals surface area contributed by atoms with Crippen LogP contribution in [0.4, 0.5) is 0 Å². The second-order valence-electron chi connectivity index (χ2n) is 6.91. The molecule has 3 heterocycles. The maximum absolute atomic E-state index is 12.4. The average molecular weight is 379 g/mol. The van der Waals surface area contributed by atoms with E-state index in [1.807, 2.05) is 30.0 Å². The summed E-state index contributed by atoms with van der Waals surface area (Å²) in [6.45, 7) is 3.37. The molecule has 0 radical (unpaired) electrons. The number of rotatable bonds is 4. The molecule has 0 spiro atoms. The first-order chi connectivity index (χ1) is 13.6. The summed E-state index contributed by atoms with van der Waals surface area (Å²) in [6.07, 6.45) is 2.06. The highest BCUT2D eigenvalue weighted by molar-refractivity contribution is 5.78. The quantitative estimate of drug-likeness (QED) is 0.838. The topological polar surface area (TPSA) is 117 Å². The van der Waals surface area contributed by atoms with E-state index in [4.69, 9.17) is 15.2 Å². The lowest BCUT2D eigenvalue weighted by Gasteiger charge is -2.25. The summed E-state index contributed by atoms with van der Waals surface area (Å²) < 4.78 is 11.4. The van der Waals surface area contributed by atoms with Gasteiger partial charge in [0.15, 0.2) is 6.61 Å². The summed E-state index contributed by atoms with van der Waals surface area (Å²) in [5.74, 6) is 0.394. The largest absolute Gasteiger partial charge is 0.483 e. The molecule has 2 aromatic rings. The van der Waals surface area contributed by atoms with Crippen molar-refractivity contribution in [2.45, 2.75) is 25.7 Å². The van der Waals surface area contributed by atoms with E-state index >= 15 is 0 Å². The molecule has 28 heavy (non-hydrogen) atoms. The number of hydrogen-bond donors (Lipinski definition) is 2. The number of para-hydroxylation sites is 1. The number of nitrogens with two attached hydrogens (primary N) is 1. The predicted molar refractivity (Wildman–Crippen MR) is 100 cm³/mol. The highest BCUT2D eigenvalue weighted by atomic mass is 16.5. The van der Waals surface area contributed by atoms with Crippen molar-refractivity contribution in [3.05, 3.63) is 52.5 Å². The Morgan fingerprint density at radius 1 is 1.43 bits per heavy atom. The second-order valence-corrected chi connectivity index (χ2v) is 6.91. The van der Waals surface area contributed by atoms with Crippen LogP contribution in [-0.4, -0.2) is 40.7 Å². The molecule has 1 aromatic carbocycles. The molecule has 144 valence electrons. The van der Waals surface area contributed by atoms with Gasteiger partial charge in [0.25, 0.3) is 5.91 Å². The van der Waals surface area contributed by atoms with E-state index in [-0.39, 0.29) is 18.4 Å². The first-order valence-electron chi connectivity index (χ1n) is 9.22. The van der Waals surface area contributed by atoms with Crippen LogP contribution in [-0.2, 0) is 4.79 Å². The molecule has 1 unspecified atom stereocenters. The summed E-state index contributed by atoms with van der Waals surface area (Å²) in [7, 11) is 0. The Balaban J connectivity index is 1.68. The zero-order valence-electron chi connectivity index (χ0n) is 15.6. The van der Waals surface area contributed by atoms with E-state index < -0.39 is 5.92 Å². The number of amides is 1. The molecule has 1 saturated heterocycles. The van der Waals surface area contributed by atoms with Crippen LogP contribution in [0.2, 0.25) is 0 Å². The third kappa shape index (κ3) is 3.05. The van der Waals surface area contributed by atoms with Gasteiger partial charge in [0.2, 0.25) is 11.8 Å². The molecule has 8 nitrogen and oxygen atoms in total. The fourth-order valence-electron chi connectivity index (χ4n) is 3.76. The first kappa shape index (κ1) is 17.9. The van der Waals surface area contributed by atoms with E-state index in [0.717, 1.165) is 42.8 Å². The lowest BCUT2D eigenvalue weighted by atomic mass is 9.83. The van der Waals surface area contributed by atoms with Crippen LogP contribution in [0.1, 0.15) is 35.6 Å². The molecule has 1 atom stereocenters. The van der Waals surface area contributed by atoms with Gasteiger partial charge in [0.1, 0.15) is 17.4 Å². The lowest BCUT2D eigenvalue weighted by molar-refractivity contribution is -0.132. The van der Waals surface area contributed by atoms with Gasteiger partial charge in [0.05, 0.1) is 5.92 Å². The predicted octanol–water partition coefficient (Wildman–Crippen LogP) is 1.94. The number of benzene rings is 1. The number of ether oxygens (including phenoxy) is 2. The number of likely N-dealkylation sites (tertiary alicyclic amines) is 1. The molecule has 3 N–H and O–H groups in total. The molecule has 4 rings (SSSR count). The van der Waals surface area contributed by atoms with E-state index in [1.165, 1.54) is 0 Å². The van der Waals surface area contributed by atoms with E-state index in [0.29, 0.717) is 17.2 Å². The summed E-state index contributed by atoms with van der Waals surface area (Å²) >= 11 is 0. The normalized spacial score (nSPS) is 18.4. The van der Waals surface area contributed by atoms with Gasteiger partial charge in [-0.05, 0) is 25.8 Å². The van der Waals surface area contributed by atoms with Crippen molar-refractivity contribution >= 4 is 5.91 Å². The van der Waals surface area contributed by atoms with Gasteiger partial charge in [-0.2, -0.15) is 5.26 Å². The Hall–Kier alpha value is -3.47. The minimum atomic E-state index is -0.481. The Bertz CT molecular complexity index is 982. The van der Waals surface area contributed by atoms with Crippen molar-refractivity contribution in [3.63, 3.8) is 0 Å². The first-order valence-corrected chi connectivity index (χ1v) is 9.22. The van der Waals surface area contributed by atoms with Gasteiger partial charge in [0, 0.05) is 29.9 Å². The fourth-order valence-corrected chi connectivity index (χ4v) is 3.76. The third-order valence-corrected chi connectivity index (χ3v) is 5.17. The van der Waals surface area contributed by atoms with E-state index in [9.17, 15) is 10.1 Å². The van der Waals surface area contributed by atoms with Gasteiger partial charge in [-0.25, -0.2) is 0 Å². The third-order valence-electron chi connectivity index (χ3n) is 5.17. The van der Waals surface area contributed by atoms with Gasteiger partial charge in [-0.3, -0.25) is 9.89 Å². The molecule has 2 aliphatic rings. The maximum Gasteiger partial charge on any atom is 0.260 e. The highest BCUT2D eigenvalue weighted by Crippen LogP contribution is 2.45. The highest BCUT2D eigenvalue weighted by Gasteiger charge is 2.35. The second kappa shape index (κ2) is 7.27. The van der Waals surface area contributed by atoms with Gasteiger partial charge in [-0.15, -0.1) is 5.10 Å². The summed E-state index contributed by atoms with van der Waals surface area (Å²) in [5, 5.41) is 16.7. The van der Waals surface area contributed by atoms with Crippen molar-refractivity contribution in [1.82, 2.24) is 15.1 Å². The minimum absolute atomic E-state index is 0.0226. The number of aromatic amines is 1. The Labute approximate surface area is 162 Å². The maximum atomic E-state index is 12.4. The fraction of sp³-hybridized carbons (Fsp3) is 0.350. The molecule has 1 aromatic heterocycles. The molecular formula is C20H21N5O3. The van der Waals surface area contributed by atoms with E-state index in [1.54, 1.807) is 6.07 Å². The van der Waals surface area contributed by atoms with Crippen LogP contribution in [0.15, 0.2) is 35.7 Å². The van der Waals surface area contributed by atoms with Crippen molar-refractivity contribution in [1.29, 1.82) is 5.26 Å². The number of aromatic nitrogens is 2. The van der Waals surface area contributed by atoms with Crippen LogP contribution >= 0.6 is 0 Å².